The second kappa shape index (κ2) is 4.41. The molecule has 0 unspecified atom stereocenters. The average Bonchev–Trinajstić information content (AvgIpc) is 2.26. The summed E-state index contributed by atoms with van der Waals surface area (Å²) >= 11 is 0. The van der Waals surface area contributed by atoms with Crippen LogP contribution in [-0.2, 0) is 0 Å². The molecule has 0 radical (unpaired) electrons. The van der Waals surface area contributed by atoms with Crippen LogP contribution in [0, 0.1) is 19.7 Å². The molecular weight excluding hydrogens is 219 g/mol. The minimum absolute atomic E-state index is 0.280. The van der Waals surface area contributed by atoms with E-state index in [4.69, 9.17) is 0 Å². The standard InChI is InChI=1S/C13H11FN2O/c1-8-5-10(7-11(14)6-8)13(17)12-3-4-15-9(2)16-12/h3-7H,1-2H3. The Bertz CT molecular complexity index is 561. The van der Waals surface area contributed by atoms with Gasteiger partial charge in [-0.1, -0.05) is 0 Å². The van der Waals surface area contributed by atoms with Crippen LogP contribution in [0.2, 0.25) is 0 Å². The Morgan fingerprint density at radius 1 is 1.24 bits per heavy atom. The second-order valence-electron chi connectivity index (χ2n) is 3.84. The highest BCUT2D eigenvalue weighted by atomic mass is 19.1. The van der Waals surface area contributed by atoms with E-state index in [9.17, 15) is 9.18 Å². The lowest BCUT2D eigenvalue weighted by atomic mass is 10.1. The summed E-state index contributed by atoms with van der Waals surface area (Å²) < 4.78 is 13.2. The van der Waals surface area contributed by atoms with Crippen molar-refractivity contribution in [3.63, 3.8) is 0 Å². The lowest BCUT2D eigenvalue weighted by Gasteiger charge is -2.02. The van der Waals surface area contributed by atoms with Gasteiger partial charge < -0.3 is 0 Å². The van der Waals surface area contributed by atoms with Gasteiger partial charge in [-0.15, -0.1) is 0 Å². The van der Waals surface area contributed by atoms with Crippen molar-refractivity contribution in [1.29, 1.82) is 0 Å². The van der Waals surface area contributed by atoms with Gasteiger partial charge in [0.15, 0.2) is 0 Å². The zero-order valence-corrected chi connectivity index (χ0v) is 9.57. The molecule has 2 aromatic rings. The molecule has 0 spiro atoms. The fraction of sp³-hybridized carbons (Fsp3) is 0.154. The number of halogens is 1. The van der Waals surface area contributed by atoms with Crippen LogP contribution in [0.25, 0.3) is 0 Å². The van der Waals surface area contributed by atoms with Gasteiger partial charge in [-0.05, 0) is 43.7 Å². The number of hydrogen-bond donors (Lipinski definition) is 0. The minimum atomic E-state index is -0.417. The summed E-state index contributed by atoms with van der Waals surface area (Å²) in [7, 11) is 0. The maximum atomic E-state index is 13.2. The Morgan fingerprint density at radius 2 is 2.00 bits per heavy atom. The minimum Gasteiger partial charge on any atom is -0.287 e. The lowest BCUT2D eigenvalue weighted by molar-refractivity contribution is 0.103. The number of aromatic nitrogens is 2. The molecule has 0 N–H and O–H groups in total. The van der Waals surface area contributed by atoms with E-state index in [1.54, 1.807) is 19.9 Å². The molecule has 1 aromatic carbocycles. The zero-order chi connectivity index (χ0) is 12.4. The number of hydrogen-bond acceptors (Lipinski definition) is 3. The van der Waals surface area contributed by atoms with Gasteiger partial charge in [0, 0.05) is 11.8 Å². The molecular formula is C13H11FN2O. The van der Waals surface area contributed by atoms with Crippen LogP contribution < -0.4 is 0 Å². The van der Waals surface area contributed by atoms with Crippen molar-refractivity contribution >= 4 is 5.78 Å². The SMILES string of the molecule is Cc1cc(F)cc(C(=O)c2ccnc(C)n2)c1. The average molecular weight is 230 g/mol. The highest BCUT2D eigenvalue weighted by Gasteiger charge is 2.12. The Balaban J connectivity index is 2.43. The van der Waals surface area contributed by atoms with Crippen molar-refractivity contribution in [3.05, 3.63) is 58.9 Å². The fourth-order valence-corrected chi connectivity index (χ4v) is 1.60. The summed E-state index contributed by atoms with van der Waals surface area (Å²) in [6.45, 7) is 3.44. The second-order valence-corrected chi connectivity index (χ2v) is 3.84. The highest BCUT2D eigenvalue weighted by Crippen LogP contribution is 2.12. The molecule has 3 nitrogen and oxygen atoms in total. The summed E-state index contributed by atoms with van der Waals surface area (Å²) in [5, 5.41) is 0. The number of carbonyl (C=O) groups excluding carboxylic acids is 1. The predicted octanol–water partition coefficient (Wildman–Crippen LogP) is 2.46. The maximum absolute atomic E-state index is 13.2. The quantitative estimate of drug-likeness (QED) is 0.744. The Kier molecular flexibility index (Phi) is 2.95. The molecule has 1 heterocycles. The van der Waals surface area contributed by atoms with Crippen LogP contribution in [-0.4, -0.2) is 15.8 Å². The van der Waals surface area contributed by atoms with E-state index in [0.29, 0.717) is 17.0 Å². The van der Waals surface area contributed by atoms with E-state index in [2.05, 4.69) is 9.97 Å². The van der Waals surface area contributed by atoms with Crippen LogP contribution >= 0.6 is 0 Å². The molecule has 0 saturated heterocycles. The van der Waals surface area contributed by atoms with Crippen LogP contribution in [0.5, 0.6) is 0 Å². The number of nitrogens with zero attached hydrogens (tertiary/aromatic N) is 2. The van der Waals surface area contributed by atoms with Crippen LogP contribution in [0.1, 0.15) is 27.4 Å². The normalized spacial score (nSPS) is 10.3. The van der Waals surface area contributed by atoms with Crippen LogP contribution in [0.3, 0.4) is 0 Å². The summed E-state index contributed by atoms with van der Waals surface area (Å²) in [5.74, 6) is -0.193. The fourth-order valence-electron chi connectivity index (χ4n) is 1.60. The molecule has 4 heteroatoms. The highest BCUT2D eigenvalue weighted by molar-refractivity contribution is 6.07. The van der Waals surface area contributed by atoms with Crippen molar-refractivity contribution in [2.45, 2.75) is 13.8 Å². The van der Waals surface area contributed by atoms with Gasteiger partial charge in [0.25, 0.3) is 0 Å². The molecule has 1 aromatic heterocycles. The first-order chi connectivity index (χ1) is 8.06. The molecule has 0 fully saturated rings. The molecule has 0 saturated carbocycles. The number of aryl methyl sites for hydroxylation is 2. The summed E-state index contributed by atoms with van der Waals surface area (Å²) in [6, 6.07) is 5.76. The van der Waals surface area contributed by atoms with Crippen molar-refractivity contribution in [1.82, 2.24) is 9.97 Å². The number of rotatable bonds is 2. The van der Waals surface area contributed by atoms with Crippen molar-refractivity contribution in [2.24, 2.45) is 0 Å². The van der Waals surface area contributed by atoms with Crippen LogP contribution in [0.4, 0.5) is 4.39 Å². The smallest absolute Gasteiger partial charge is 0.211 e. The largest absolute Gasteiger partial charge is 0.287 e. The molecule has 0 atom stereocenters. The Hall–Kier alpha value is -2.10. The number of benzene rings is 1. The van der Waals surface area contributed by atoms with Gasteiger partial charge in [0.05, 0.1) is 0 Å². The number of ketones is 1. The summed E-state index contributed by atoms with van der Waals surface area (Å²) in [5.41, 5.74) is 1.29. The molecule has 0 aliphatic rings. The molecule has 0 aliphatic heterocycles. The van der Waals surface area contributed by atoms with Crippen molar-refractivity contribution in [3.8, 4) is 0 Å². The molecule has 86 valence electrons. The van der Waals surface area contributed by atoms with Gasteiger partial charge in [-0.2, -0.15) is 0 Å². The van der Waals surface area contributed by atoms with E-state index in [-0.39, 0.29) is 11.5 Å². The first-order valence-corrected chi connectivity index (χ1v) is 5.18. The third-order valence-electron chi connectivity index (χ3n) is 2.31. The van der Waals surface area contributed by atoms with E-state index >= 15 is 0 Å². The van der Waals surface area contributed by atoms with Gasteiger partial charge in [0.2, 0.25) is 5.78 Å². The molecule has 0 amide bonds. The first kappa shape index (κ1) is 11.4. The van der Waals surface area contributed by atoms with E-state index in [1.165, 1.54) is 24.4 Å². The van der Waals surface area contributed by atoms with Crippen molar-refractivity contribution < 1.29 is 9.18 Å². The Labute approximate surface area is 98.3 Å². The summed E-state index contributed by atoms with van der Waals surface area (Å²) in [4.78, 5) is 20.0. The monoisotopic (exact) mass is 230 g/mol. The molecule has 0 bridgehead atoms. The third kappa shape index (κ3) is 2.53. The van der Waals surface area contributed by atoms with E-state index in [1.807, 2.05) is 0 Å². The third-order valence-corrected chi connectivity index (χ3v) is 2.31. The van der Waals surface area contributed by atoms with Gasteiger partial charge in [0.1, 0.15) is 17.3 Å². The van der Waals surface area contributed by atoms with Crippen LogP contribution in [0.15, 0.2) is 30.5 Å². The maximum Gasteiger partial charge on any atom is 0.211 e. The molecule has 0 aliphatic carbocycles. The number of carbonyl (C=O) groups is 1. The predicted molar refractivity (Wildman–Crippen MR) is 61.3 cm³/mol. The molecule has 2 rings (SSSR count). The van der Waals surface area contributed by atoms with Gasteiger partial charge in [-0.3, -0.25) is 4.79 Å². The Morgan fingerprint density at radius 3 is 2.65 bits per heavy atom. The topological polar surface area (TPSA) is 42.9 Å². The molecule has 17 heavy (non-hydrogen) atoms. The zero-order valence-electron chi connectivity index (χ0n) is 9.57. The first-order valence-electron chi connectivity index (χ1n) is 5.18. The van der Waals surface area contributed by atoms with Gasteiger partial charge >= 0.3 is 0 Å². The van der Waals surface area contributed by atoms with Gasteiger partial charge in [-0.25, -0.2) is 14.4 Å². The van der Waals surface area contributed by atoms with E-state index < -0.39 is 5.82 Å². The van der Waals surface area contributed by atoms with E-state index in [0.717, 1.165) is 0 Å². The van der Waals surface area contributed by atoms with Crippen molar-refractivity contribution in [2.75, 3.05) is 0 Å². The summed E-state index contributed by atoms with van der Waals surface area (Å²) in [6.07, 6.45) is 1.52. The lowest BCUT2D eigenvalue weighted by Crippen LogP contribution is -2.06.